The number of aliphatic hydroxyl groups excluding tert-OH is 1. The van der Waals surface area contributed by atoms with E-state index < -0.39 is 5.60 Å². The molecule has 0 aliphatic heterocycles. The van der Waals surface area contributed by atoms with Crippen molar-refractivity contribution in [2.45, 2.75) is 52.1 Å². The molecule has 1 atom stereocenters. The summed E-state index contributed by atoms with van der Waals surface area (Å²) in [5.74, 6) is 0. The predicted molar refractivity (Wildman–Crippen MR) is 73.9 cm³/mol. The van der Waals surface area contributed by atoms with Crippen molar-refractivity contribution in [1.29, 1.82) is 0 Å². The highest BCUT2D eigenvalue weighted by Crippen LogP contribution is 2.15. The van der Waals surface area contributed by atoms with Crippen LogP contribution < -0.4 is 0 Å². The number of aliphatic hydroxyl groups is 2. The Morgan fingerprint density at radius 2 is 1.76 bits per heavy atom. The van der Waals surface area contributed by atoms with E-state index in [4.69, 9.17) is 5.11 Å². The van der Waals surface area contributed by atoms with Crippen LogP contribution in [0.1, 0.15) is 46.5 Å². The minimum atomic E-state index is -0.760. The Morgan fingerprint density at radius 3 is 2.29 bits per heavy atom. The van der Waals surface area contributed by atoms with Gasteiger partial charge in [-0.3, -0.25) is 0 Å². The van der Waals surface area contributed by atoms with Gasteiger partial charge >= 0.3 is 0 Å². The SMILES string of the molecule is C=C[C@@](C)(O)CC/C=C(\C)CC/C=C(\C)CO. The average Bonchev–Trinajstić information content (AvgIpc) is 2.28. The lowest BCUT2D eigenvalue weighted by molar-refractivity contribution is 0.103. The molecule has 0 saturated heterocycles. The minimum absolute atomic E-state index is 0.144. The van der Waals surface area contributed by atoms with Gasteiger partial charge in [0.05, 0.1) is 12.2 Å². The van der Waals surface area contributed by atoms with Gasteiger partial charge in [-0.2, -0.15) is 0 Å². The van der Waals surface area contributed by atoms with Crippen LogP contribution in [0.15, 0.2) is 36.0 Å². The van der Waals surface area contributed by atoms with E-state index in [0.29, 0.717) is 6.42 Å². The van der Waals surface area contributed by atoms with E-state index in [1.54, 1.807) is 13.0 Å². The molecule has 0 bridgehead atoms. The summed E-state index contributed by atoms with van der Waals surface area (Å²) in [5.41, 5.74) is 1.59. The van der Waals surface area contributed by atoms with Crippen LogP contribution in [0.5, 0.6) is 0 Å². The molecular weight excluding hydrogens is 212 g/mol. The zero-order valence-electron chi connectivity index (χ0n) is 11.4. The molecule has 0 aliphatic rings. The third-order valence-corrected chi connectivity index (χ3v) is 2.86. The monoisotopic (exact) mass is 238 g/mol. The molecule has 2 N–H and O–H groups in total. The van der Waals surface area contributed by atoms with Crippen LogP contribution in [-0.2, 0) is 0 Å². The summed E-state index contributed by atoms with van der Waals surface area (Å²) < 4.78 is 0. The Morgan fingerprint density at radius 1 is 1.18 bits per heavy atom. The van der Waals surface area contributed by atoms with Crippen molar-refractivity contribution in [2.75, 3.05) is 6.61 Å². The van der Waals surface area contributed by atoms with Gasteiger partial charge in [0.15, 0.2) is 0 Å². The highest BCUT2D eigenvalue weighted by atomic mass is 16.3. The maximum Gasteiger partial charge on any atom is 0.0800 e. The standard InChI is InChI=1S/C15H26O2/c1-5-15(4,17)11-7-10-13(2)8-6-9-14(3)12-16/h5,9-10,16-17H,1,6-8,11-12H2,2-4H3/b13-10+,14-9+/t15-/m1/s1. The van der Waals surface area contributed by atoms with Gasteiger partial charge in [-0.05, 0) is 46.5 Å². The molecule has 0 aromatic rings. The van der Waals surface area contributed by atoms with E-state index in [1.807, 2.05) is 6.92 Å². The number of rotatable bonds is 8. The van der Waals surface area contributed by atoms with Crippen LogP contribution in [0.2, 0.25) is 0 Å². The Kier molecular flexibility index (Phi) is 7.85. The molecule has 0 saturated carbocycles. The average molecular weight is 238 g/mol. The first kappa shape index (κ1) is 16.1. The van der Waals surface area contributed by atoms with Crippen molar-refractivity contribution < 1.29 is 10.2 Å². The van der Waals surface area contributed by atoms with Crippen LogP contribution in [0.25, 0.3) is 0 Å². The van der Waals surface area contributed by atoms with E-state index in [0.717, 1.165) is 24.8 Å². The third kappa shape index (κ3) is 8.90. The summed E-state index contributed by atoms with van der Waals surface area (Å²) in [4.78, 5) is 0. The van der Waals surface area contributed by atoms with Crippen molar-refractivity contribution in [3.05, 3.63) is 36.0 Å². The largest absolute Gasteiger partial charge is 0.392 e. The maximum absolute atomic E-state index is 9.73. The molecule has 98 valence electrons. The Balaban J connectivity index is 3.91. The van der Waals surface area contributed by atoms with Crippen LogP contribution in [-0.4, -0.2) is 22.4 Å². The minimum Gasteiger partial charge on any atom is -0.392 e. The molecule has 0 aliphatic carbocycles. The van der Waals surface area contributed by atoms with Crippen LogP contribution in [0.4, 0.5) is 0 Å². The fraction of sp³-hybridized carbons (Fsp3) is 0.600. The third-order valence-electron chi connectivity index (χ3n) is 2.86. The highest BCUT2D eigenvalue weighted by molar-refractivity contribution is 5.04. The van der Waals surface area contributed by atoms with E-state index in [-0.39, 0.29) is 6.61 Å². The zero-order valence-corrected chi connectivity index (χ0v) is 11.4. The summed E-state index contributed by atoms with van der Waals surface area (Å²) in [6.45, 7) is 9.56. The fourth-order valence-electron chi connectivity index (χ4n) is 1.43. The molecule has 2 heteroatoms. The molecule has 0 fully saturated rings. The number of hydrogen-bond acceptors (Lipinski definition) is 2. The van der Waals surface area contributed by atoms with Gasteiger partial charge in [0.25, 0.3) is 0 Å². The molecule has 2 nitrogen and oxygen atoms in total. The highest BCUT2D eigenvalue weighted by Gasteiger charge is 2.13. The molecule has 0 aromatic carbocycles. The zero-order chi connectivity index (χ0) is 13.3. The van der Waals surface area contributed by atoms with Crippen LogP contribution >= 0.6 is 0 Å². The van der Waals surface area contributed by atoms with Gasteiger partial charge in [-0.25, -0.2) is 0 Å². The molecule has 0 heterocycles. The van der Waals surface area contributed by atoms with Crippen molar-refractivity contribution in [3.8, 4) is 0 Å². The summed E-state index contributed by atoms with van der Waals surface area (Å²) in [7, 11) is 0. The fourth-order valence-corrected chi connectivity index (χ4v) is 1.43. The molecule has 0 spiro atoms. The summed E-state index contributed by atoms with van der Waals surface area (Å²) in [6.07, 6.45) is 9.37. The first-order valence-corrected chi connectivity index (χ1v) is 6.19. The lowest BCUT2D eigenvalue weighted by Gasteiger charge is -2.16. The Bertz CT molecular complexity index is 285. The van der Waals surface area contributed by atoms with E-state index >= 15 is 0 Å². The van der Waals surface area contributed by atoms with Gasteiger partial charge in [0.1, 0.15) is 0 Å². The molecule has 17 heavy (non-hydrogen) atoms. The van der Waals surface area contributed by atoms with Crippen molar-refractivity contribution in [1.82, 2.24) is 0 Å². The second-order valence-electron chi connectivity index (χ2n) is 4.90. The van der Waals surface area contributed by atoms with Gasteiger partial charge in [0.2, 0.25) is 0 Å². The second-order valence-corrected chi connectivity index (χ2v) is 4.90. The molecular formula is C15H26O2. The van der Waals surface area contributed by atoms with Crippen molar-refractivity contribution >= 4 is 0 Å². The van der Waals surface area contributed by atoms with Crippen molar-refractivity contribution in [3.63, 3.8) is 0 Å². The number of hydrogen-bond donors (Lipinski definition) is 2. The first-order valence-electron chi connectivity index (χ1n) is 6.19. The Hall–Kier alpha value is -0.860. The maximum atomic E-state index is 9.73. The van der Waals surface area contributed by atoms with Gasteiger partial charge in [-0.15, -0.1) is 6.58 Å². The second kappa shape index (κ2) is 8.26. The lowest BCUT2D eigenvalue weighted by atomic mass is 9.99. The van der Waals surface area contributed by atoms with Crippen molar-refractivity contribution in [2.24, 2.45) is 0 Å². The summed E-state index contributed by atoms with van der Waals surface area (Å²) >= 11 is 0. The Labute approximate surface area is 105 Å². The molecule has 0 radical (unpaired) electrons. The van der Waals surface area contributed by atoms with Gasteiger partial charge in [0, 0.05) is 0 Å². The van der Waals surface area contributed by atoms with E-state index in [1.165, 1.54) is 5.57 Å². The molecule has 0 aromatic heterocycles. The van der Waals surface area contributed by atoms with Gasteiger partial charge in [-0.1, -0.05) is 29.4 Å². The predicted octanol–water partition coefficient (Wildman–Crippen LogP) is 3.37. The normalized spacial score (nSPS) is 16.8. The smallest absolute Gasteiger partial charge is 0.0800 e. The molecule has 0 rings (SSSR count). The lowest BCUT2D eigenvalue weighted by Crippen LogP contribution is -2.19. The van der Waals surface area contributed by atoms with E-state index in [9.17, 15) is 5.11 Å². The van der Waals surface area contributed by atoms with Crippen LogP contribution in [0.3, 0.4) is 0 Å². The van der Waals surface area contributed by atoms with E-state index in [2.05, 4.69) is 25.7 Å². The molecule has 0 unspecified atom stereocenters. The van der Waals surface area contributed by atoms with Gasteiger partial charge < -0.3 is 10.2 Å². The topological polar surface area (TPSA) is 40.5 Å². The first-order chi connectivity index (χ1) is 7.91. The quantitative estimate of drug-likeness (QED) is 0.636. The summed E-state index contributed by atoms with van der Waals surface area (Å²) in [5, 5.41) is 18.6. The number of allylic oxidation sites excluding steroid dienone is 3. The molecule has 0 amide bonds. The summed E-state index contributed by atoms with van der Waals surface area (Å²) in [6, 6.07) is 0. The van der Waals surface area contributed by atoms with Crippen LogP contribution in [0, 0.1) is 0 Å².